The van der Waals surface area contributed by atoms with Gasteiger partial charge in [0.15, 0.2) is 0 Å². The van der Waals surface area contributed by atoms with Gasteiger partial charge in [0.1, 0.15) is 6.04 Å². The number of fused-ring (bicyclic) bond motifs is 3. The molecule has 1 aromatic heterocycles. The molecule has 1 atom stereocenters. The maximum absolute atomic E-state index is 12.6. The van der Waals surface area contributed by atoms with Gasteiger partial charge in [-0.3, -0.25) is 0 Å². The zero-order valence-electron chi connectivity index (χ0n) is 15.0. The number of benzene rings is 1. The predicted molar refractivity (Wildman–Crippen MR) is 96.2 cm³/mol. The summed E-state index contributed by atoms with van der Waals surface area (Å²) in [6, 6.07) is 7.36. The summed E-state index contributed by atoms with van der Waals surface area (Å²) in [5, 5.41) is 4.06. The molecule has 25 heavy (non-hydrogen) atoms. The van der Waals surface area contributed by atoms with Gasteiger partial charge >= 0.3 is 12.0 Å². The van der Waals surface area contributed by atoms with Gasteiger partial charge in [-0.25, -0.2) is 9.59 Å². The Hall–Kier alpha value is -2.50. The van der Waals surface area contributed by atoms with Gasteiger partial charge in [-0.15, -0.1) is 0 Å². The molecular weight excluding hydrogens is 318 g/mol. The number of nitrogens with one attached hydrogen (secondary N) is 2. The van der Waals surface area contributed by atoms with Crippen molar-refractivity contribution >= 4 is 22.9 Å². The molecule has 2 heterocycles. The first-order valence-corrected chi connectivity index (χ1v) is 8.71. The SMILES string of the molecule is COC(=O)[C@H](CC(C)C)NC(=O)N1CCc2c([nH]c3ccccc23)C1. The zero-order chi connectivity index (χ0) is 18.0. The number of aromatic amines is 1. The van der Waals surface area contributed by atoms with E-state index < -0.39 is 12.0 Å². The summed E-state index contributed by atoms with van der Waals surface area (Å²) in [5.74, 6) is -0.114. The molecule has 0 bridgehead atoms. The first-order valence-electron chi connectivity index (χ1n) is 8.71. The molecule has 3 rings (SSSR count). The Kier molecular flexibility index (Phi) is 4.97. The lowest BCUT2D eigenvalue weighted by atomic mass is 10.0. The Bertz CT molecular complexity index is 781. The van der Waals surface area contributed by atoms with E-state index in [1.807, 2.05) is 32.0 Å². The molecule has 1 aliphatic rings. The van der Waals surface area contributed by atoms with Crippen molar-refractivity contribution in [1.82, 2.24) is 15.2 Å². The Morgan fingerprint density at radius 2 is 2.08 bits per heavy atom. The number of hydrogen-bond donors (Lipinski definition) is 2. The number of nitrogens with zero attached hydrogens (tertiary/aromatic N) is 1. The van der Waals surface area contributed by atoms with E-state index in [1.54, 1.807) is 4.90 Å². The Labute approximate surface area is 147 Å². The summed E-state index contributed by atoms with van der Waals surface area (Å²) in [5.41, 5.74) is 3.45. The number of amides is 2. The van der Waals surface area contributed by atoms with Gasteiger partial charge in [-0.05, 0) is 30.4 Å². The van der Waals surface area contributed by atoms with Crippen molar-refractivity contribution in [2.24, 2.45) is 5.92 Å². The lowest BCUT2D eigenvalue weighted by molar-refractivity contribution is -0.143. The first kappa shape index (κ1) is 17.3. The number of methoxy groups -OCH3 is 1. The van der Waals surface area contributed by atoms with Crippen molar-refractivity contribution in [2.75, 3.05) is 13.7 Å². The van der Waals surface area contributed by atoms with Crippen molar-refractivity contribution < 1.29 is 14.3 Å². The number of carbonyl (C=O) groups is 2. The number of rotatable bonds is 4. The van der Waals surface area contributed by atoms with E-state index >= 15 is 0 Å². The van der Waals surface area contributed by atoms with Crippen molar-refractivity contribution in [2.45, 2.75) is 39.3 Å². The summed E-state index contributed by atoms with van der Waals surface area (Å²) in [7, 11) is 1.35. The molecule has 1 aliphatic heterocycles. The molecule has 6 nitrogen and oxygen atoms in total. The lowest BCUT2D eigenvalue weighted by Gasteiger charge is -2.29. The molecule has 0 radical (unpaired) electrons. The largest absolute Gasteiger partial charge is 0.467 e. The molecule has 0 spiro atoms. The van der Waals surface area contributed by atoms with E-state index in [-0.39, 0.29) is 11.9 Å². The highest BCUT2D eigenvalue weighted by atomic mass is 16.5. The minimum atomic E-state index is -0.610. The second-order valence-electron chi connectivity index (χ2n) is 6.95. The smallest absolute Gasteiger partial charge is 0.328 e. The standard InChI is InChI=1S/C19H25N3O3/c1-12(2)10-16(18(23)25-3)21-19(24)22-9-8-14-13-6-4-5-7-15(13)20-17(14)11-22/h4-7,12,16,20H,8-11H2,1-3H3,(H,21,24)/t16-/m0/s1. The quantitative estimate of drug-likeness (QED) is 0.838. The maximum atomic E-state index is 12.6. The van der Waals surface area contributed by atoms with Crippen LogP contribution in [0.1, 0.15) is 31.5 Å². The number of aromatic nitrogens is 1. The average molecular weight is 343 g/mol. The molecule has 2 N–H and O–H groups in total. The fourth-order valence-electron chi connectivity index (χ4n) is 3.43. The van der Waals surface area contributed by atoms with E-state index in [2.05, 4.69) is 16.4 Å². The summed E-state index contributed by atoms with van der Waals surface area (Å²) in [6.45, 7) is 5.18. The Morgan fingerprint density at radius 3 is 2.80 bits per heavy atom. The number of urea groups is 1. The van der Waals surface area contributed by atoms with Crippen LogP contribution >= 0.6 is 0 Å². The van der Waals surface area contributed by atoms with Crippen molar-refractivity contribution in [3.05, 3.63) is 35.5 Å². The third kappa shape index (κ3) is 3.62. The summed E-state index contributed by atoms with van der Waals surface area (Å²) >= 11 is 0. The lowest BCUT2D eigenvalue weighted by Crippen LogP contribution is -2.50. The Balaban J connectivity index is 1.72. The summed E-state index contributed by atoms with van der Waals surface area (Å²) in [4.78, 5) is 29.7. The van der Waals surface area contributed by atoms with E-state index in [0.717, 1.165) is 17.6 Å². The van der Waals surface area contributed by atoms with Crippen LogP contribution in [0.4, 0.5) is 4.79 Å². The highest BCUT2D eigenvalue weighted by Gasteiger charge is 2.28. The molecule has 2 aromatic rings. The Morgan fingerprint density at radius 1 is 1.32 bits per heavy atom. The third-order valence-electron chi connectivity index (χ3n) is 4.66. The number of carbonyl (C=O) groups excluding carboxylic acids is 2. The fourth-order valence-corrected chi connectivity index (χ4v) is 3.43. The van der Waals surface area contributed by atoms with Gasteiger partial charge in [0, 0.05) is 23.1 Å². The predicted octanol–water partition coefficient (Wildman–Crippen LogP) is 2.82. The van der Waals surface area contributed by atoms with Crippen LogP contribution in [-0.4, -0.2) is 41.6 Å². The van der Waals surface area contributed by atoms with Crippen LogP contribution in [0.5, 0.6) is 0 Å². The molecule has 0 aliphatic carbocycles. The van der Waals surface area contributed by atoms with Crippen molar-refractivity contribution in [3.63, 3.8) is 0 Å². The second kappa shape index (κ2) is 7.17. The monoisotopic (exact) mass is 343 g/mol. The summed E-state index contributed by atoms with van der Waals surface area (Å²) < 4.78 is 4.82. The zero-order valence-corrected chi connectivity index (χ0v) is 15.0. The van der Waals surface area contributed by atoms with E-state index in [0.29, 0.717) is 19.5 Å². The van der Waals surface area contributed by atoms with Crippen molar-refractivity contribution in [1.29, 1.82) is 0 Å². The van der Waals surface area contributed by atoms with Crippen LogP contribution in [-0.2, 0) is 22.5 Å². The van der Waals surface area contributed by atoms with Gasteiger partial charge in [-0.2, -0.15) is 0 Å². The average Bonchev–Trinajstić information content (AvgIpc) is 2.97. The minimum Gasteiger partial charge on any atom is -0.467 e. The van der Waals surface area contributed by atoms with Gasteiger partial charge < -0.3 is 19.9 Å². The van der Waals surface area contributed by atoms with Gasteiger partial charge in [0.2, 0.25) is 0 Å². The molecule has 0 unspecified atom stereocenters. The minimum absolute atomic E-state index is 0.222. The molecule has 0 fully saturated rings. The highest BCUT2D eigenvalue weighted by Crippen LogP contribution is 2.27. The third-order valence-corrected chi connectivity index (χ3v) is 4.66. The highest BCUT2D eigenvalue weighted by molar-refractivity contribution is 5.86. The molecular formula is C19H25N3O3. The number of hydrogen-bond acceptors (Lipinski definition) is 3. The molecule has 1 aromatic carbocycles. The van der Waals surface area contributed by atoms with Gasteiger partial charge in [0.25, 0.3) is 0 Å². The fraction of sp³-hybridized carbons (Fsp3) is 0.474. The van der Waals surface area contributed by atoms with Crippen LogP contribution in [0.25, 0.3) is 10.9 Å². The first-order chi connectivity index (χ1) is 12.0. The number of para-hydroxylation sites is 1. The number of ether oxygens (including phenoxy) is 1. The summed E-state index contributed by atoms with van der Waals surface area (Å²) in [6.07, 6.45) is 1.36. The molecule has 6 heteroatoms. The number of H-pyrrole nitrogens is 1. The van der Waals surface area contributed by atoms with Crippen LogP contribution in [0.15, 0.2) is 24.3 Å². The van der Waals surface area contributed by atoms with E-state index in [1.165, 1.54) is 18.1 Å². The maximum Gasteiger partial charge on any atom is 0.328 e. The molecule has 0 saturated heterocycles. The van der Waals surface area contributed by atoms with Crippen LogP contribution in [0.2, 0.25) is 0 Å². The normalized spacial score (nSPS) is 15.1. The molecule has 134 valence electrons. The molecule has 0 saturated carbocycles. The number of esters is 1. The van der Waals surface area contributed by atoms with E-state index in [9.17, 15) is 9.59 Å². The topological polar surface area (TPSA) is 74.4 Å². The van der Waals surface area contributed by atoms with Crippen molar-refractivity contribution in [3.8, 4) is 0 Å². The van der Waals surface area contributed by atoms with Gasteiger partial charge in [-0.1, -0.05) is 32.0 Å². The van der Waals surface area contributed by atoms with Crippen LogP contribution in [0.3, 0.4) is 0 Å². The molecule has 2 amide bonds. The van der Waals surface area contributed by atoms with E-state index in [4.69, 9.17) is 4.74 Å². The van der Waals surface area contributed by atoms with Crippen LogP contribution in [0, 0.1) is 5.92 Å². The second-order valence-corrected chi connectivity index (χ2v) is 6.95. The van der Waals surface area contributed by atoms with Crippen LogP contribution < -0.4 is 5.32 Å². The van der Waals surface area contributed by atoms with Gasteiger partial charge in [0.05, 0.1) is 13.7 Å².